The third-order valence-corrected chi connectivity index (χ3v) is 5.23. The van der Waals surface area contributed by atoms with Crippen LogP contribution in [0.3, 0.4) is 0 Å². The summed E-state index contributed by atoms with van der Waals surface area (Å²) in [5.41, 5.74) is 0. The van der Waals surface area contributed by atoms with Crippen LogP contribution in [0.4, 0.5) is 0 Å². The number of nitrogens with zero attached hydrogens (tertiary/aromatic N) is 1. The van der Waals surface area contributed by atoms with Gasteiger partial charge in [-0.25, -0.2) is 8.42 Å². The number of hydrogen-bond donors (Lipinski definition) is 1. The van der Waals surface area contributed by atoms with E-state index in [-0.39, 0.29) is 11.7 Å². The highest BCUT2D eigenvalue weighted by Gasteiger charge is 2.44. The second-order valence-electron chi connectivity index (χ2n) is 4.25. The first-order valence-electron chi connectivity index (χ1n) is 5.25. The van der Waals surface area contributed by atoms with Gasteiger partial charge in [-0.15, -0.1) is 0 Å². The fourth-order valence-electron chi connectivity index (χ4n) is 2.29. The molecule has 1 saturated carbocycles. The van der Waals surface area contributed by atoms with Crippen molar-refractivity contribution in [3.63, 3.8) is 0 Å². The van der Waals surface area contributed by atoms with Gasteiger partial charge in [0.2, 0.25) is 10.0 Å². The summed E-state index contributed by atoms with van der Waals surface area (Å²) in [4.78, 5) is 11.1. The van der Waals surface area contributed by atoms with E-state index in [4.69, 9.17) is 5.11 Å². The molecule has 1 aliphatic heterocycles. The minimum atomic E-state index is -3.30. The first-order valence-corrected chi connectivity index (χ1v) is 6.85. The van der Waals surface area contributed by atoms with Crippen molar-refractivity contribution in [2.45, 2.75) is 31.7 Å². The molecule has 1 heterocycles. The number of sulfonamides is 1. The van der Waals surface area contributed by atoms with Crippen LogP contribution in [0.2, 0.25) is 0 Å². The summed E-state index contributed by atoms with van der Waals surface area (Å²) in [5.74, 6) is -0.871. The zero-order valence-corrected chi connectivity index (χ0v) is 9.24. The van der Waals surface area contributed by atoms with Crippen molar-refractivity contribution in [3.05, 3.63) is 0 Å². The first-order chi connectivity index (χ1) is 7.02. The zero-order valence-electron chi connectivity index (χ0n) is 8.42. The second kappa shape index (κ2) is 3.75. The van der Waals surface area contributed by atoms with Crippen LogP contribution in [-0.4, -0.2) is 42.1 Å². The molecule has 0 aromatic rings. The van der Waals surface area contributed by atoms with Crippen molar-refractivity contribution < 1.29 is 18.3 Å². The van der Waals surface area contributed by atoms with E-state index in [1.54, 1.807) is 0 Å². The van der Waals surface area contributed by atoms with Gasteiger partial charge in [0, 0.05) is 6.54 Å². The monoisotopic (exact) mass is 233 g/mol. The van der Waals surface area contributed by atoms with Crippen LogP contribution in [0.15, 0.2) is 0 Å². The van der Waals surface area contributed by atoms with Gasteiger partial charge in [-0.3, -0.25) is 4.79 Å². The Labute approximate surface area is 89.1 Å². The molecule has 0 radical (unpaired) electrons. The maximum absolute atomic E-state index is 11.6. The molecule has 2 aliphatic rings. The highest BCUT2D eigenvalue weighted by molar-refractivity contribution is 7.89. The predicted molar refractivity (Wildman–Crippen MR) is 53.9 cm³/mol. The average molecular weight is 233 g/mol. The lowest BCUT2D eigenvalue weighted by Crippen LogP contribution is -2.48. The standard InChI is InChI=1S/C9H15NO4S/c11-9(12)8(7-3-1-4-7)10-5-2-6-15(10,13)14/h7-8H,1-6H2,(H,11,12). The van der Waals surface area contributed by atoms with Gasteiger partial charge in [-0.05, 0) is 25.2 Å². The largest absolute Gasteiger partial charge is 0.480 e. The molecule has 6 heteroatoms. The molecule has 1 atom stereocenters. The van der Waals surface area contributed by atoms with E-state index < -0.39 is 22.0 Å². The molecular formula is C9H15NO4S. The Morgan fingerprint density at radius 3 is 2.33 bits per heavy atom. The summed E-state index contributed by atoms with van der Waals surface area (Å²) in [6.07, 6.45) is 3.24. The lowest BCUT2D eigenvalue weighted by Gasteiger charge is -2.35. The third kappa shape index (κ3) is 1.88. The Morgan fingerprint density at radius 2 is 2.00 bits per heavy atom. The predicted octanol–water partition coefficient (Wildman–Crippen LogP) is 0.275. The molecule has 1 aliphatic carbocycles. The van der Waals surface area contributed by atoms with Gasteiger partial charge < -0.3 is 5.11 Å². The van der Waals surface area contributed by atoms with Gasteiger partial charge in [0.15, 0.2) is 0 Å². The Hall–Kier alpha value is -0.620. The van der Waals surface area contributed by atoms with Gasteiger partial charge in [0.25, 0.3) is 0 Å². The topological polar surface area (TPSA) is 74.7 Å². The summed E-state index contributed by atoms with van der Waals surface area (Å²) in [6.45, 7) is 0.371. The molecular weight excluding hydrogens is 218 g/mol. The van der Waals surface area contributed by atoms with Crippen LogP contribution in [0.25, 0.3) is 0 Å². The maximum atomic E-state index is 11.6. The van der Waals surface area contributed by atoms with Crippen LogP contribution < -0.4 is 0 Å². The normalized spacial score (nSPS) is 28.5. The van der Waals surface area contributed by atoms with Gasteiger partial charge in [0.1, 0.15) is 6.04 Å². The number of rotatable bonds is 3. The van der Waals surface area contributed by atoms with E-state index >= 15 is 0 Å². The van der Waals surface area contributed by atoms with E-state index in [9.17, 15) is 13.2 Å². The van der Waals surface area contributed by atoms with E-state index in [0.29, 0.717) is 13.0 Å². The van der Waals surface area contributed by atoms with Gasteiger partial charge >= 0.3 is 5.97 Å². The molecule has 1 unspecified atom stereocenters. The van der Waals surface area contributed by atoms with E-state index in [1.165, 1.54) is 4.31 Å². The molecule has 5 nitrogen and oxygen atoms in total. The average Bonchev–Trinajstić information content (AvgIpc) is 2.36. The smallest absolute Gasteiger partial charge is 0.322 e. The molecule has 1 N–H and O–H groups in total. The van der Waals surface area contributed by atoms with Crippen LogP contribution in [0.1, 0.15) is 25.7 Å². The molecule has 1 saturated heterocycles. The van der Waals surface area contributed by atoms with Gasteiger partial charge in [-0.1, -0.05) is 6.42 Å². The highest BCUT2D eigenvalue weighted by Crippen LogP contribution is 2.35. The lowest BCUT2D eigenvalue weighted by atomic mass is 9.79. The maximum Gasteiger partial charge on any atom is 0.322 e. The summed E-state index contributed by atoms with van der Waals surface area (Å²) < 4.78 is 24.4. The zero-order chi connectivity index (χ0) is 11.1. The number of hydrogen-bond acceptors (Lipinski definition) is 3. The van der Waals surface area contributed by atoms with Crippen LogP contribution in [0.5, 0.6) is 0 Å². The summed E-state index contributed by atoms with van der Waals surface area (Å²) in [5, 5.41) is 9.10. The van der Waals surface area contributed by atoms with Crippen molar-refractivity contribution in [3.8, 4) is 0 Å². The minimum Gasteiger partial charge on any atom is -0.480 e. The van der Waals surface area contributed by atoms with Gasteiger partial charge in [0.05, 0.1) is 5.75 Å². The first kappa shape index (κ1) is 10.9. The fraction of sp³-hybridized carbons (Fsp3) is 0.889. The van der Waals surface area contributed by atoms with Crippen molar-refractivity contribution in [2.75, 3.05) is 12.3 Å². The molecule has 0 bridgehead atoms. The quantitative estimate of drug-likeness (QED) is 0.759. The van der Waals surface area contributed by atoms with Gasteiger partial charge in [-0.2, -0.15) is 4.31 Å². The summed E-state index contributed by atoms with van der Waals surface area (Å²) in [7, 11) is -3.30. The van der Waals surface area contributed by atoms with Crippen molar-refractivity contribution >= 4 is 16.0 Å². The number of carbonyl (C=O) groups is 1. The number of carboxylic acids is 1. The van der Waals surface area contributed by atoms with E-state index in [1.807, 2.05) is 0 Å². The highest BCUT2D eigenvalue weighted by atomic mass is 32.2. The van der Waals surface area contributed by atoms with Crippen molar-refractivity contribution in [1.29, 1.82) is 0 Å². The lowest BCUT2D eigenvalue weighted by molar-refractivity contribution is -0.144. The molecule has 15 heavy (non-hydrogen) atoms. The molecule has 0 aromatic heterocycles. The Morgan fingerprint density at radius 1 is 1.33 bits per heavy atom. The number of aliphatic carboxylic acids is 1. The Bertz CT molecular complexity index is 360. The molecule has 0 spiro atoms. The van der Waals surface area contributed by atoms with E-state index in [2.05, 4.69) is 0 Å². The van der Waals surface area contributed by atoms with Crippen LogP contribution >= 0.6 is 0 Å². The molecule has 86 valence electrons. The molecule has 0 amide bonds. The van der Waals surface area contributed by atoms with Crippen molar-refractivity contribution in [1.82, 2.24) is 4.31 Å². The van der Waals surface area contributed by atoms with Crippen LogP contribution in [-0.2, 0) is 14.8 Å². The SMILES string of the molecule is O=C(O)C(C1CCC1)N1CCCS1(=O)=O. The Kier molecular flexibility index (Phi) is 2.72. The Balaban J connectivity index is 2.21. The van der Waals surface area contributed by atoms with Crippen LogP contribution in [0, 0.1) is 5.92 Å². The summed E-state index contributed by atoms with van der Waals surface area (Å²) in [6, 6.07) is -0.814. The van der Waals surface area contributed by atoms with Crippen molar-refractivity contribution in [2.24, 2.45) is 5.92 Å². The summed E-state index contributed by atoms with van der Waals surface area (Å²) >= 11 is 0. The minimum absolute atomic E-state index is 0.0235. The van der Waals surface area contributed by atoms with E-state index in [0.717, 1.165) is 19.3 Å². The molecule has 2 rings (SSSR count). The number of carboxylic acid groups (broad SMARTS) is 1. The second-order valence-corrected chi connectivity index (χ2v) is 6.30. The molecule has 0 aromatic carbocycles. The molecule has 2 fully saturated rings. The fourth-order valence-corrected chi connectivity index (χ4v) is 4.03. The third-order valence-electron chi connectivity index (χ3n) is 3.30.